The molecule has 0 bridgehead atoms. The molecule has 1 saturated heterocycles. The van der Waals surface area contributed by atoms with E-state index in [1.165, 1.54) is 13.2 Å². The molecule has 140 valence electrons. The number of nitrogens with one attached hydrogen (secondary N) is 1. The lowest BCUT2D eigenvalue weighted by Gasteiger charge is -2.12. The van der Waals surface area contributed by atoms with Crippen LogP contribution in [-0.4, -0.2) is 30.6 Å². The summed E-state index contributed by atoms with van der Waals surface area (Å²) < 4.78 is 10.8. The average Bonchev–Trinajstić information content (AvgIpc) is 2.92. The van der Waals surface area contributed by atoms with Gasteiger partial charge in [0.05, 0.1) is 25.3 Å². The molecule has 1 aliphatic rings. The van der Waals surface area contributed by atoms with Gasteiger partial charge in [0.1, 0.15) is 5.70 Å². The Bertz CT molecular complexity index is 896. The van der Waals surface area contributed by atoms with Crippen molar-refractivity contribution in [2.45, 2.75) is 13.5 Å². The third kappa shape index (κ3) is 4.06. The Balaban J connectivity index is 1.88. The van der Waals surface area contributed by atoms with Crippen LogP contribution in [-0.2, 0) is 11.3 Å². The van der Waals surface area contributed by atoms with Crippen LogP contribution in [0.2, 0.25) is 5.02 Å². The van der Waals surface area contributed by atoms with Crippen molar-refractivity contribution in [3.8, 4) is 11.5 Å². The Morgan fingerprint density at radius 2 is 1.89 bits per heavy atom. The van der Waals surface area contributed by atoms with Crippen molar-refractivity contribution in [1.29, 1.82) is 0 Å². The van der Waals surface area contributed by atoms with Crippen molar-refractivity contribution in [2.24, 2.45) is 0 Å². The molecule has 0 radical (unpaired) electrons. The molecular weight excluding hydrogens is 368 g/mol. The second-order valence-electron chi connectivity index (χ2n) is 5.82. The van der Waals surface area contributed by atoms with Crippen LogP contribution >= 0.6 is 11.6 Å². The minimum absolute atomic E-state index is 0.158. The van der Waals surface area contributed by atoms with E-state index in [0.717, 1.165) is 10.5 Å². The first-order chi connectivity index (χ1) is 13.0. The first-order valence-electron chi connectivity index (χ1n) is 8.42. The molecule has 1 fully saturated rings. The number of benzene rings is 2. The highest BCUT2D eigenvalue weighted by Gasteiger charge is 2.33. The summed E-state index contributed by atoms with van der Waals surface area (Å²) >= 11 is 6.29. The van der Waals surface area contributed by atoms with E-state index >= 15 is 0 Å². The largest absolute Gasteiger partial charge is 0.493 e. The van der Waals surface area contributed by atoms with E-state index in [1.54, 1.807) is 12.1 Å². The molecule has 0 aliphatic carbocycles. The lowest BCUT2D eigenvalue weighted by Crippen LogP contribution is -2.30. The molecule has 7 heteroatoms. The molecule has 1 heterocycles. The molecule has 0 saturated carbocycles. The van der Waals surface area contributed by atoms with Gasteiger partial charge in [-0.15, -0.1) is 0 Å². The Morgan fingerprint density at radius 1 is 1.15 bits per heavy atom. The second-order valence-corrected chi connectivity index (χ2v) is 6.23. The summed E-state index contributed by atoms with van der Waals surface area (Å²) in [7, 11) is 1.52. The Kier molecular flexibility index (Phi) is 5.66. The summed E-state index contributed by atoms with van der Waals surface area (Å²) in [5.74, 6) is 0.597. The number of hydrogen-bond acceptors (Lipinski definition) is 4. The molecule has 2 aromatic rings. The second kappa shape index (κ2) is 8.14. The summed E-state index contributed by atoms with van der Waals surface area (Å²) in [6.45, 7) is 2.51. The van der Waals surface area contributed by atoms with E-state index < -0.39 is 11.9 Å². The molecule has 0 spiro atoms. The molecule has 1 N–H and O–H groups in total. The number of carbonyl (C=O) groups is 2. The van der Waals surface area contributed by atoms with Crippen LogP contribution in [0.1, 0.15) is 18.1 Å². The number of halogens is 1. The molecule has 3 rings (SSSR count). The van der Waals surface area contributed by atoms with Gasteiger partial charge >= 0.3 is 6.03 Å². The first kappa shape index (κ1) is 18.8. The van der Waals surface area contributed by atoms with Crippen LogP contribution in [0, 0.1) is 0 Å². The van der Waals surface area contributed by atoms with Crippen LogP contribution in [0.15, 0.2) is 48.2 Å². The van der Waals surface area contributed by atoms with Gasteiger partial charge in [-0.3, -0.25) is 9.69 Å². The maximum absolute atomic E-state index is 12.6. The van der Waals surface area contributed by atoms with Gasteiger partial charge in [-0.25, -0.2) is 4.79 Å². The highest BCUT2D eigenvalue weighted by molar-refractivity contribution is 6.32. The lowest BCUT2D eigenvalue weighted by molar-refractivity contribution is -0.123. The number of carbonyl (C=O) groups excluding carboxylic acids is 2. The standard InChI is InChI=1S/C20H19ClN2O4/c1-3-27-18-10-14(15(21)11-17(18)26-2)9-16-19(24)23(20(25)22-16)12-13-7-5-4-6-8-13/h4-11H,3,12H2,1-2H3,(H,22,25)/b16-9+. The summed E-state index contributed by atoms with van der Waals surface area (Å²) in [4.78, 5) is 26.0. The van der Waals surface area contributed by atoms with Gasteiger partial charge < -0.3 is 14.8 Å². The summed E-state index contributed by atoms with van der Waals surface area (Å²) in [5, 5.41) is 2.98. The topological polar surface area (TPSA) is 67.9 Å². The SMILES string of the molecule is CCOc1cc(/C=C2/NC(=O)N(Cc3ccccc3)C2=O)c(Cl)cc1OC. The van der Waals surface area contributed by atoms with Crippen molar-refractivity contribution in [2.75, 3.05) is 13.7 Å². The molecule has 2 aromatic carbocycles. The van der Waals surface area contributed by atoms with Gasteiger partial charge in [0.2, 0.25) is 0 Å². The van der Waals surface area contributed by atoms with Crippen molar-refractivity contribution in [1.82, 2.24) is 10.2 Å². The number of methoxy groups -OCH3 is 1. The summed E-state index contributed by atoms with van der Waals surface area (Å²) in [6.07, 6.45) is 1.54. The molecular formula is C20H19ClN2O4. The van der Waals surface area contributed by atoms with Crippen molar-refractivity contribution in [3.05, 3.63) is 64.3 Å². The van der Waals surface area contributed by atoms with Gasteiger partial charge in [-0.1, -0.05) is 41.9 Å². The minimum Gasteiger partial charge on any atom is -0.493 e. The van der Waals surface area contributed by atoms with Gasteiger partial charge in [0.25, 0.3) is 5.91 Å². The Labute approximate surface area is 162 Å². The maximum atomic E-state index is 12.6. The van der Waals surface area contributed by atoms with E-state index in [-0.39, 0.29) is 12.2 Å². The maximum Gasteiger partial charge on any atom is 0.329 e. The van der Waals surface area contributed by atoms with Crippen molar-refractivity contribution < 1.29 is 19.1 Å². The molecule has 6 nitrogen and oxygen atoms in total. The van der Waals surface area contributed by atoms with E-state index in [2.05, 4.69) is 5.32 Å². The van der Waals surface area contributed by atoms with E-state index in [9.17, 15) is 9.59 Å². The predicted molar refractivity (Wildman–Crippen MR) is 103 cm³/mol. The van der Waals surface area contributed by atoms with E-state index in [4.69, 9.17) is 21.1 Å². The van der Waals surface area contributed by atoms with Gasteiger partial charge in [-0.2, -0.15) is 0 Å². The molecule has 0 atom stereocenters. The number of hydrogen-bond donors (Lipinski definition) is 1. The van der Waals surface area contributed by atoms with Crippen LogP contribution in [0.3, 0.4) is 0 Å². The van der Waals surface area contributed by atoms with Gasteiger partial charge in [0, 0.05) is 6.07 Å². The monoisotopic (exact) mass is 386 g/mol. The zero-order valence-corrected chi connectivity index (χ0v) is 15.7. The number of ether oxygens (including phenoxy) is 2. The number of amides is 3. The molecule has 1 aliphatic heterocycles. The van der Waals surface area contributed by atoms with Crippen molar-refractivity contribution in [3.63, 3.8) is 0 Å². The zero-order valence-electron chi connectivity index (χ0n) is 15.0. The number of imide groups is 1. The molecule has 0 unspecified atom stereocenters. The zero-order chi connectivity index (χ0) is 19.4. The first-order valence-corrected chi connectivity index (χ1v) is 8.80. The van der Waals surface area contributed by atoms with Crippen LogP contribution in [0.5, 0.6) is 11.5 Å². The van der Waals surface area contributed by atoms with Crippen LogP contribution < -0.4 is 14.8 Å². The van der Waals surface area contributed by atoms with E-state index in [0.29, 0.717) is 28.7 Å². The van der Waals surface area contributed by atoms with E-state index in [1.807, 2.05) is 37.3 Å². The number of nitrogens with zero attached hydrogens (tertiary/aromatic N) is 1. The average molecular weight is 387 g/mol. The van der Waals surface area contributed by atoms with Gasteiger partial charge in [-0.05, 0) is 30.2 Å². The predicted octanol–water partition coefficient (Wildman–Crippen LogP) is 3.84. The quantitative estimate of drug-likeness (QED) is 0.605. The minimum atomic E-state index is -0.468. The highest BCUT2D eigenvalue weighted by Crippen LogP contribution is 2.34. The van der Waals surface area contributed by atoms with Gasteiger partial charge in [0.15, 0.2) is 11.5 Å². The van der Waals surface area contributed by atoms with Crippen LogP contribution in [0.4, 0.5) is 4.79 Å². The Hall–Kier alpha value is -2.99. The fourth-order valence-corrected chi connectivity index (χ4v) is 2.93. The lowest BCUT2D eigenvalue weighted by atomic mass is 10.1. The summed E-state index contributed by atoms with van der Waals surface area (Å²) in [6, 6.07) is 12.1. The normalized spacial score (nSPS) is 15.2. The molecule has 0 aromatic heterocycles. The van der Waals surface area contributed by atoms with Crippen molar-refractivity contribution >= 4 is 29.6 Å². The highest BCUT2D eigenvalue weighted by atomic mass is 35.5. The number of rotatable bonds is 6. The fraction of sp³-hybridized carbons (Fsp3) is 0.200. The third-order valence-electron chi connectivity index (χ3n) is 4.03. The Morgan fingerprint density at radius 3 is 2.56 bits per heavy atom. The smallest absolute Gasteiger partial charge is 0.329 e. The summed E-state index contributed by atoms with van der Waals surface area (Å²) in [5.41, 5.74) is 1.57. The number of urea groups is 1. The van der Waals surface area contributed by atoms with Crippen LogP contribution in [0.25, 0.3) is 6.08 Å². The molecule has 27 heavy (non-hydrogen) atoms. The third-order valence-corrected chi connectivity index (χ3v) is 4.36. The molecule has 3 amide bonds. The fourth-order valence-electron chi connectivity index (χ4n) is 2.73.